The Morgan fingerprint density at radius 1 is 1.30 bits per heavy atom. The molecule has 0 fully saturated rings. The first-order valence-corrected chi connectivity index (χ1v) is 9.14. The molecule has 3 aromatic heterocycles. The van der Waals surface area contributed by atoms with E-state index in [-0.39, 0.29) is 4.88 Å². The second-order valence-electron chi connectivity index (χ2n) is 5.39. The number of hydrogen-bond donors (Lipinski definition) is 4. The molecule has 0 aliphatic rings. The number of thiophene rings is 1. The minimum absolute atomic E-state index is 0.261. The molecule has 5 N–H and O–H groups in total. The molecule has 9 heteroatoms. The number of nitrogens with one attached hydrogen (secondary N) is 2. The predicted octanol–water partition coefficient (Wildman–Crippen LogP) is 4.26. The number of carboxylic acids is 1. The van der Waals surface area contributed by atoms with E-state index in [1.807, 2.05) is 30.3 Å². The van der Waals surface area contributed by atoms with Gasteiger partial charge in [-0.3, -0.25) is 0 Å². The summed E-state index contributed by atoms with van der Waals surface area (Å²) < 4.78 is 0. The molecule has 4 aromatic rings. The summed E-state index contributed by atoms with van der Waals surface area (Å²) in [6.45, 7) is 0.556. The Labute approximate surface area is 163 Å². The van der Waals surface area contributed by atoms with E-state index < -0.39 is 5.97 Å². The molecule has 0 aliphatic carbocycles. The average Bonchev–Trinajstić information content (AvgIpc) is 3.32. The molecule has 27 heavy (non-hydrogen) atoms. The van der Waals surface area contributed by atoms with Crippen LogP contribution in [0.3, 0.4) is 0 Å². The molecule has 0 saturated carbocycles. The molecule has 0 unspecified atom stereocenters. The predicted molar refractivity (Wildman–Crippen MR) is 108 cm³/mol. The van der Waals surface area contributed by atoms with Crippen molar-refractivity contribution in [1.82, 2.24) is 15.0 Å². The molecule has 0 saturated heterocycles. The molecule has 0 bridgehead atoms. The molecule has 0 atom stereocenters. The molecule has 7 nitrogen and oxygen atoms in total. The number of halogens is 1. The number of fused-ring (bicyclic) bond motifs is 1. The van der Waals surface area contributed by atoms with Gasteiger partial charge in [0.2, 0.25) is 0 Å². The number of benzene rings is 1. The van der Waals surface area contributed by atoms with Gasteiger partial charge in [0.1, 0.15) is 22.7 Å². The first kappa shape index (κ1) is 18.8. The highest BCUT2D eigenvalue weighted by Crippen LogP contribution is 2.27. The van der Waals surface area contributed by atoms with E-state index in [1.165, 1.54) is 17.7 Å². The third-order valence-electron chi connectivity index (χ3n) is 3.59. The molecule has 0 amide bonds. The standard InChI is InChI=1S/C11H8N4O2S.C7H8ClN/c16-11(17)8-7(2-4-18-8)15-10-6-1-3-12-9(6)13-5-14-10;8-7-3-1-2-6(4-7)5-9/h1-5H,(H,16,17)(H2,12,13,14,15);1-4H,5,9H2. The number of aromatic amines is 1. The van der Waals surface area contributed by atoms with Crippen LogP contribution in [-0.2, 0) is 6.54 Å². The molecular weight excluding hydrogens is 386 g/mol. The Morgan fingerprint density at radius 3 is 2.85 bits per heavy atom. The quantitative estimate of drug-likeness (QED) is 0.406. The molecular formula is C18H16ClN5O2S. The normalized spacial score (nSPS) is 10.3. The van der Waals surface area contributed by atoms with Crippen molar-refractivity contribution in [3.63, 3.8) is 0 Å². The topological polar surface area (TPSA) is 117 Å². The molecule has 0 spiro atoms. The van der Waals surface area contributed by atoms with Crippen molar-refractivity contribution >= 4 is 51.4 Å². The zero-order valence-corrected chi connectivity index (χ0v) is 15.6. The lowest BCUT2D eigenvalue weighted by atomic mass is 10.2. The number of carboxylic acid groups (broad SMARTS) is 1. The lowest BCUT2D eigenvalue weighted by molar-refractivity contribution is 0.0703. The van der Waals surface area contributed by atoms with Crippen molar-refractivity contribution < 1.29 is 9.90 Å². The first-order valence-electron chi connectivity index (χ1n) is 7.89. The van der Waals surface area contributed by atoms with Crippen molar-refractivity contribution in [3.8, 4) is 0 Å². The minimum atomic E-state index is -0.952. The lowest BCUT2D eigenvalue weighted by Crippen LogP contribution is -2.00. The summed E-state index contributed by atoms with van der Waals surface area (Å²) in [5.41, 5.74) is 7.68. The monoisotopic (exact) mass is 401 g/mol. The van der Waals surface area contributed by atoms with Crippen LogP contribution in [0.2, 0.25) is 5.02 Å². The molecule has 138 valence electrons. The van der Waals surface area contributed by atoms with Crippen LogP contribution in [0, 0.1) is 0 Å². The summed E-state index contributed by atoms with van der Waals surface area (Å²) in [4.78, 5) is 22.4. The van der Waals surface area contributed by atoms with Gasteiger partial charge in [0.05, 0.1) is 11.1 Å². The van der Waals surface area contributed by atoms with E-state index in [4.69, 9.17) is 22.4 Å². The summed E-state index contributed by atoms with van der Waals surface area (Å²) >= 11 is 6.84. The van der Waals surface area contributed by atoms with Gasteiger partial charge in [0.15, 0.2) is 0 Å². The van der Waals surface area contributed by atoms with E-state index in [0.29, 0.717) is 23.7 Å². The summed E-state index contributed by atoms with van der Waals surface area (Å²) in [6.07, 6.45) is 3.18. The smallest absolute Gasteiger partial charge is 0.348 e. The number of nitrogens with two attached hydrogens (primary N) is 1. The number of rotatable bonds is 4. The Hall–Kier alpha value is -2.94. The fourth-order valence-corrected chi connectivity index (χ4v) is 3.24. The molecule has 0 radical (unpaired) electrons. The average molecular weight is 402 g/mol. The van der Waals surface area contributed by atoms with Crippen LogP contribution < -0.4 is 11.1 Å². The number of hydrogen-bond acceptors (Lipinski definition) is 6. The largest absolute Gasteiger partial charge is 0.477 e. The van der Waals surface area contributed by atoms with E-state index in [1.54, 1.807) is 17.6 Å². The van der Waals surface area contributed by atoms with E-state index in [9.17, 15) is 4.79 Å². The van der Waals surface area contributed by atoms with Crippen molar-refractivity contribution in [2.24, 2.45) is 5.73 Å². The highest BCUT2D eigenvalue weighted by molar-refractivity contribution is 7.12. The van der Waals surface area contributed by atoms with E-state index >= 15 is 0 Å². The number of aromatic carboxylic acids is 1. The third-order valence-corrected chi connectivity index (χ3v) is 4.73. The van der Waals surface area contributed by atoms with Gasteiger partial charge in [-0.05, 0) is 35.2 Å². The fourth-order valence-electron chi connectivity index (χ4n) is 2.34. The zero-order chi connectivity index (χ0) is 19.2. The van der Waals surface area contributed by atoms with Gasteiger partial charge >= 0.3 is 5.97 Å². The van der Waals surface area contributed by atoms with Gasteiger partial charge in [-0.15, -0.1) is 11.3 Å². The highest BCUT2D eigenvalue weighted by atomic mass is 35.5. The number of carbonyl (C=O) groups is 1. The first-order chi connectivity index (χ1) is 13.1. The second-order valence-corrected chi connectivity index (χ2v) is 6.74. The summed E-state index contributed by atoms with van der Waals surface area (Å²) in [7, 11) is 0. The van der Waals surface area contributed by atoms with Gasteiger partial charge < -0.3 is 21.1 Å². The zero-order valence-electron chi connectivity index (χ0n) is 14.0. The summed E-state index contributed by atoms with van der Waals surface area (Å²) in [6, 6.07) is 11.1. The maximum absolute atomic E-state index is 11.0. The van der Waals surface area contributed by atoms with Gasteiger partial charge in [-0.25, -0.2) is 14.8 Å². The Kier molecular flexibility index (Phi) is 6.02. The van der Waals surface area contributed by atoms with Crippen LogP contribution in [0.15, 0.2) is 54.3 Å². The number of anilines is 2. The summed E-state index contributed by atoms with van der Waals surface area (Å²) in [5, 5.41) is 15.3. The molecule has 0 aliphatic heterocycles. The SMILES string of the molecule is NCc1cccc(Cl)c1.O=C(O)c1sccc1Nc1ncnc2[nH]ccc12. The Bertz CT molecular complexity index is 1060. The van der Waals surface area contributed by atoms with E-state index in [0.717, 1.165) is 16.0 Å². The van der Waals surface area contributed by atoms with Crippen LogP contribution in [0.25, 0.3) is 11.0 Å². The van der Waals surface area contributed by atoms with Crippen LogP contribution >= 0.6 is 22.9 Å². The van der Waals surface area contributed by atoms with Crippen LogP contribution in [0.1, 0.15) is 15.2 Å². The Balaban J connectivity index is 0.000000197. The van der Waals surface area contributed by atoms with E-state index in [2.05, 4.69) is 20.3 Å². The maximum atomic E-state index is 11.0. The molecule has 3 heterocycles. The van der Waals surface area contributed by atoms with Crippen molar-refractivity contribution in [1.29, 1.82) is 0 Å². The number of aromatic nitrogens is 3. The summed E-state index contributed by atoms with van der Waals surface area (Å²) in [5.74, 6) is -0.367. The maximum Gasteiger partial charge on any atom is 0.348 e. The third kappa shape index (κ3) is 4.62. The van der Waals surface area contributed by atoms with Gasteiger partial charge in [0, 0.05) is 17.8 Å². The van der Waals surface area contributed by atoms with Gasteiger partial charge in [-0.1, -0.05) is 23.7 Å². The number of H-pyrrole nitrogens is 1. The second kappa shape index (κ2) is 8.63. The molecule has 4 rings (SSSR count). The van der Waals surface area contributed by atoms with Crippen molar-refractivity contribution in [3.05, 3.63) is 69.8 Å². The van der Waals surface area contributed by atoms with Crippen molar-refractivity contribution in [2.75, 3.05) is 5.32 Å². The van der Waals surface area contributed by atoms with Crippen LogP contribution in [-0.4, -0.2) is 26.0 Å². The number of nitrogens with zero attached hydrogens (tertiary/aromatic N) is 2. The highest BCUT2D eigenvalue weighted by Gasteiger charge is 2.13. The fraction of sp³-hybridized carbons (Fsp3) is 0.0556. The Morgan fingerprint density at radius 2 is 2.15 bits per heavy atom. The van der Waals surface area contributed by atoms with Gasteiger partial charge in [-0.2, -0.15) is 0 Å². The molecule has 1 aromatic carbocycles. The van der Waals surface area contributed by atoms with Crippen LogP contribution in [0.5, 0.6) is 0 Å². The van der Waals surface area contributed by atoms with Crippen molar-refractivity contribution in [2.45, 2.75) is 6.54 Å². The minimum Gasteiger partial charge on any atom is -0.477 e. The van der Waals surface area contributed by atoms with Crippen LogP contribution in [0.4, 0.5) is 11.5 Å². The lowest BCUT2D eigenvalue weighted by Gasteiger charge is -2.05. The van der Waals surface area contributed by atoms with Gasteiger partial charge in [0.25, 0.3) is 0 Å².